The van der Waals surface area contributed by atoms with Crippen LogP contribution < -0.4 is 11.1 Å². The summed E-state index contributed by atoms with van der Waals surface area (Å²) in [5.74, 6) is -2.93. The Labute approximate surface area is 134 Å². The van der Waals surface area contributed by atoms with Gasteiger partial charge in [-0.2, -0.15) is 13.2 Å². The molecule has 2 amide bonds. The molecular formula is C16H12F4N2O2. The fourth-order valence-electron chi connectivity index (χ4n) is 2.05. The van der Waals surface area contributed by atoms with Gasteiger partial charge in [-0.15, -0.1) is 0 Å². The van der Waals surface area contributed by atoms with Crippen LogP contribution in [0.3, 0.4) is 0 Å². The fraction of sp³-hybridized carbons (Fsp3) is 0.125. The van der Waals surface area contributed by atoms with E-state index in [9.17, 15) is 27.2 Å². The summed E-state index contributed by atoms with van der Waals surface area (Å²) in [7, 11) is 0. The van der Waals surface area contributed by atoms with Gasteiger partial charge in [0.1, 0.15) is 5.82 Å². The number of amides is 2. The molecule has 0 unspecified atom stereocenters. The molecule has 126 valence electrons. The molecule has 2 aromatic rings. The van der Waals surface area contributed by atoms with Crippen molar-refractivity contribution in [2.75, 3.05) is 5.32 Å². The molecule has 2 rings (SSSR count). The summed E-state index contributed by atoms with van der Waals surface area (Å²) in [5, 5.41) is 2.28. The van der Waals surface area contributed by atoms with Gasteiger partial charge in [0.25, 0.3) is 5.91 Å². The fourth-order valence-corrected chi connectivity index (χ4v) is 2.05. The second-order valence-corrected chi connectivity index (χ2v) is 5.04. The standard InChI is InChI=1S/C16H12F4N2O2/c1-8-2-3-9(14(21)23)6-13(8)22-15(24)11-5-4-10(17)7-12(11)16(18,19)20/h2-7H,1H3,(H2,21,23)(H,22,24). The van der Waals surface area contributed by atoms with Crippen LogP contribution in [0.5, 0.6) is 0 Å². The van der Waals surface area contributed by atoms with Crippen LogP contribution in [0.2, 0.25) is 0 Å². The zero-order chi connectivity index (χ0) is 18.1. The Balaban J connectivity index is 2.41. The molecular weight excluding hydrogens is 328 g/mol. The number of nitrogens with two attached hydrogens (primary N) is 1. The monoisotopic (exact) mass is 340 g/mol. The summed E-state index contributed by atoms with van der Waals surface area (Å²) in [6, 6.07) is 5.93. The Morgan fingerprint density at radius 1 is 1.08 bits per heavy atom. The van der Waals surface area contributed by atoms with Crippen LogP contribution in [0, 0.1) is 12.7 Å². The molecule has 0 aliphatic heterocycles. The molecule has 2 aromatic carbocycles. The van der Waals surface area contributed by atoms with Crippen molar-refractivity contribution in [2.45, 2.75) is 13.1 Å². The van der Waals surface area contributed by atoms with Crippen LogP contribution in [-0.4, -0.2) is 11.8 Å². The lowest BCUT2D eigenvalue weighted by Crippen LogP contribution is -2.20. The number of carbonyl (C=O) groups excluding carboxylic acids is 2. The summed E-state index contributed by atoms with van der Waals surface area (Å²) < 4.78 is 52.0. The maximum absolute atomic E-state index is 13.1. The van der Waals surface area contributed by atoms with Crippen molar-refractivity contribution in [2.24, 2.45) is 5.73 Å². The maximum Gasteiger partial charge on any atom is 0.417 e. The number of hydrogen-bond donors (Lipinski definition) is 2. The van der Waals surface area contributed by atoms with E-state index in [2.05, 4.69) is 5.32 Å². The average Bonchev–Trinajstić information content (AvgIpc) is 2.48. The number of hydrogen-bond acceptors (Lipinski definition) is 2. The highest BCUT2D eigenvalue weighted by Gasteiger charge is 2.35. The first-order chi connectivity index (χ1) is 11.1. The molecule has 0 radical (unpaired) electrons. The molecule has 0 aliphatic carbocycles. The van der Waals surface area contributed by atoms with Crippen LogP contribution >= 0.6 is 0 Å². The van der Waals surface area contributed by atoms with Gasteiger partial charge in [0, 0.05) is 11.3 Å². The lowest BCUT2D eigenvalue weighted by atomic mass is 10.0. The predicted molar refractivity (Wildman–Crippen MR) is 79.1 cm³/mol. The van der Waals surface area contributed by atoms with Crippen LogP contribution in [0.1, 0.15) is 31.8 Å². The van der Waals surface area contributed by atoms with Crippen LogP contribution in [-0.2, 0) is 6.18 Å². The van der Waals surface area contributed by atoms with Crippen molar-refractivity contribution in [3.05, 3.63) is 64.5 Å². The molecule has 0 heterocycles. The lowest BCUT2D eigenvalue weighted by molar-refractivity contribution is -0.138. The van der Waals surface area contributed by atoms with Crippen molar-refractivity contribution in [3.8, 4) is 0 Å². The Hall–Kier alpha value is -2.90. The first-order valence-electron chi connectivity index (χ1n) is 6.68. The quantitative estimate of drug-likeness (QED) is 0.840. The molecule has 0 aliphatic rings. The average molecular weight is 340 g/mol. The largest absolute Gasteiger partial charge is 0.417 e. The van der Waals surface area contributed by atoms with Crippen molar-refractivity contribution >= 4 is 17.5 Å². The number of carbonyl (C=O) groups is 2. The smallest absolute Gasteiger partial charge is 0.366 e. The van der Waals surface area contributed by atoms with E-state index in [1.54, 1.807) is 6.92 Å². The molecule has 24 heavy (non-hydrogen) atoms. The topological polar surface area (TPSA) is 72.2 Å². The molecule has 0 bridgehead atoms. The highest BCUT2D eigenvalue weighted by Crippen LogP contribution is 2.33. The lowest BCUT2D eigenvalue weighted by Gasteiger charge is -2.14. The first kappa shape index (κ1) is 17.5. The summed E-state index contributed by atoms with van der Waals surface area (Å²) in [5.41, 5.74) is 3.76. The van der Waals surface area contributed by atoms with Gasteiger partial charge in [0.2, 0.25) is 5.91 Å². The number of nitrogens with one attached hydrogen (secondary N) is 1. The number of rotatable bonds is 3. The molecule has 0 fully saturated rings. The van der Waals surface area contributed by atoms with Crippen molar-refractivity contribution in [1.82, 2.24) is 0 Å². The summed E-state index contributed by atoms with van der Waals surface area (Å²) >= 11 is 0. The summed E-state index contributed by atoms with van der Waals surface area (Å²) in [6.07, 6.45) is -4.89. The van der Waals surface area contributed by atoms with Crippen molar-refractivity contribution < 1.29 is 27.2 Å². The second kappa shape index (κ2) is 6.31. The van der Waals surface area contributed by atoms with E-state index in [0.29, 0.717) is 5.56 Å². The zero-order valence-electron chi connectivity index (χ0n) is 12.4. The molecule has 4 nitrogen and oxygen atoms in total. The summed E-state index contributed by atoms with van der Waals surface area (Å²) in [6.45, 7) is 1.59. The van der Waals surface area contributed by atoms with Crippen molar-refractivity contribution in [3.63, 3.8) is 0 Å². The third-order valence-electron chi connectivity index (χ3n) is 3.30. The first-order valence-corrected chi connectivity index (χ1v) is 6.68. The minimum Gasteiger partial charge on any atom is -0.366 e. The summed E-state index contributed by atoms with van der Waals surface area (Å²) in [4.78, 5) is 23.3. The van der Waals surface area contributed by atoms with Gasteiger partial charge in [-0.05, 0) is 42.8 Å². The predicted octanol–water partition coefficient (Wildman–Crippen LogP) is 3.50. The molecule has 3 N–H and O–H groups in total. The van der Waals surface area contributed by atoms with E-state index in [-0.39, 0.29) is 17.3 Å². The zero-order valence-corrected chi connectivity index (χ0v) is 12.4. The van der Waals surface area contributed by atoms with Gasteiger partial charge in [-0.1, -0.05) is 6.07 Å². The van der Waals surface area contributed by atoms with E-state index in [0.717, 1.165) is 12.1 Å². The molecule has 0 saturated carbocycles. The number of primary amides is 1. The Morgan fingerprint density at radius 2 is 1.75 bits per heavy atom. The number of anilines is 1. The van der Waals surface area contributed by atoms with Crippen LogP contribution in [0.25, 0.3) is 0 Å². The third-order valence-corrected chi connectivity index (χ3v) is 3.30. The second-order valence-electron chi connectivity index (χ2n) is 5.04. The molecule has 0 aromatic heterocycles. The van der Waals surface area contributed by atoms with E-state index < -0.39 is 34.9 Å². The Kier molecular flexibility index (Phi) is 4.59. The van der Waals surface area contributed by atoms with Gasteiger partial charge < -0.3 is 11.1 Å². The Morgan fingerprint density at radius 3 is 2.33 bits per heavy atom. The van der Waals surface area contributed by atoms with Gasteiger partial charge in [0.15, 0.2) is 0 Å². The highest BCUT2D eigenvalue weighted by atomic mass is 19.4. The maximum atomic E-state index is 13.1. The third kappa shape index (κ3) is 3.70. The molecule has 8 heteroatoms. The van der Waals surface area contributed by atoms with Gasteiger partial charge >= 0.3 is 6.18 Å². The highest BCUT2D eigenvalue weighted by molar-refractivity contribution is 6.06. The molecule has 0 saturated heterocycles. The number of alkyl halides is 3. The SMILES string of the molecule is Cc1ccc(C(N)=O)cc1NC(=O)c1ccc(F)cc1C(F)(F)F. The number of aryl methyl sites for hydroxylation is 1. The number of halogens is 4. The van der Waals surface area contributed by atoms with E-state index in [4.69, 9.17) is 5.73 Å². The minimum absolute atomic E-state index is 0.0889. The molecule has 0 atom stereocenters. The van der Waals surface area contributed by atoms with Gasteiger partial charge in [-0.25, -0.2) is 4.39 Å². The van der Waals surface area contributed by atoms with Crippen LogP contribution in [0.15, 0.2) is 36.4 Å². The van der Waals surface area contributed by atoms with E-state index in [1.807, 2.05) is 0 Å². The van der Waals surface area contributed by atoms with Gasteiger partial charge in [-0.3, -0.25) is 9.59 Å². The van der Waals surface area contributed by atoms with E-state index >= 15 is 0 Å². The van der Waals surface area contributed by atoms with Crippen molar-refractivity contribution in [1.29, 1.82) is 0 Å². The molecule has 0 spiro atoms. The van der Waals surface area contributed by atoms with Crippen LogP contribution in [0.4, 0.5) is 23.2 Å². The minimum atomic E-state index is -4.89. The number of benzene rings is 2. The Bertz CT molecular complexity index is 816. The normalized spacial score (nSPS) is 11.2. The van der Waals surface area contributed by atoms with E-state index in [1.165, 1.54) is 18.2 Å². The van der Waals surface area contributed by atoms with Gasteiger partial charge in [0.05, 0.1) is 11.1 Å².